The van der Waals surface area contributed by atoms with Gasteiger partial charge in [-0.25, -0.2) is 0 Å². The van der Waals surface area contributed by atoms with Gasteiger partial charge in [0.1, 0.15) is 13.2 Å². The SMILES string of the molecule is CC\C=C/C=C\C=C/C=C\C=C/CCCCCC(=O)OCC(COC(=O)CCCCCCC/C=C\CCCCCCCCCCC)OC(=O)CCCCCCCCCCCCCCCCCC. The first-order chi connectivity index (χ1) is 33.0. The molecule has 1 atom stereocenters. The first-order valence-corrected chi connectivity index (χ1v) is 28.5. The van der Waals surface area contributed by atoms with Crippen LogP contribution in [0.2, 0.25) is 0 Å². The largest absolute Gasteiger partial charge is 0.462 e. The van der Waals surface area contributed by atoms with Gasteiger partial charge in [0.2, 0.25) is 0 Å². The number of carbonyl (C=O) groups is 3. The summed E-state index contributed by atoms with van der Waals surface area (Å²) in [5.41, 5.74) is 0. The predicted molar refractivity (Wildman–Crippen MR) is 288 cm³/mol. The Kier molecular flexibility index (Phi) is 52.8. The Labute approximate surface area is 414 Å². The molecular weight excluding hydrogens is 829 g/mol. The summed E-state index contributed by atoms with van der Waals surface area (Å²) in [4.78, 5) is 38.1. The van der Waals surface area contributed by atoms with Crippen molar-refractivity contribution < 1.29 is 28.6 Å². The Morgan fingerprint density at radius 1 is 0.313 bits per heavy atom. The minimum Gasteiger partial charge on any atom is -0.462 e. The third-order valence-corrected chi connectivity index (χ3v) is 12.3. The lowest BCUT2D eigenvalue weighted by molar-refractivity contribution is -0.167. The molecule has 0 saturated carbocycles. The van der Waals surface area contributed by atoms with Crippen molar-refractivity contribution in [3.8, 4) is 0 Å². The monoisotopic (exact) mass is 935 g/mol. The summed E-state index contributed by atoms with van der Waals surface area (Å²) in [5.74, 6) is -0.932. The van der Waals surface area contributed by atoms with Gasteiger partial charge in [0.15, 0.2) is 6.10 Å². The quantitative estimate of drug-likeness (QED) is 0.0199. The van der Waals surface area contributed by atoms with Crippen LogP contribution >= 0.6 is 0 Å². The van der Waals surface area contributed by atoms with Crippen LogP contribution in [0.1, 0.15) is 278 Å². The van der Waals surface area contributed by atoms with Crippen molar-refractivity contribution in [2.24, 2.45) is 0 Å². The maximum atomic E-state index is 12.8. The highest BCUT2D eigenvalue weighted by atomic mass is 16.6. The van der Waals surface area contributed by atoms with Crippen LogP contribution in [0, 0.1) is 0 Å². The zero-order chi connectivity index (χ0) is 48.6. The summed E-state index contributed by atoms with van der Waals surface area (Å²) in [5, 5.41) is 0. The van der Waals surface area contributed by atoms with E-state index in [-0.39, 0.29) is 31.1 Å². The molecule has 0 aliphatic carbocycles. The summed E-state index contributed by atoms with van der Waals surface area (Å²) in [7, 11) is 0. The van der Waals surface area contributed by atoms with Crippen LogP contribution in [0.25, 0.3) is 0 Å². The van der Waals surface area contributed by atoms with Gasteiger partial charge in [-0.2, -0.15) is 0 Å². The summed E-state index contributed by atoms with van der Waals surface area (Å²) in [6, 6.07) is 0. The topological polar surface area (TPSA) is 78.9 Å². The number of allylic oxidation sites excluding steroid dienone is 12. The maximum absolute atomic E-state index is 12.8. The molecule has 0 spiro atoms. The molecule has 6 nitrogen and oxygen atoms in total. The average Bonchev–Trinajstić information content (AvgIpc) is 3.33. The van der Waals surface area contributed by atoms with Crippen molar-refractivity contribution in [1.29, 1.82) is 0 Å². The second-order valence-electron chi connectivity index (χ2n) is 18.9. The standard InChI is InChI=1S/C61H106O6/c1-4-7-10-13-16-19-22-25-28-30-31-34-36-39-42-45-48-51-54-60(63)66-57-58(56-65-59(62)53-50-47-44-41-38-35-32-27-24-21-18-15-12-9-6-3)67-61(64)55-52-49-46-43-40-37-33-29-26-23-20-17-14-11-8-5-2/h9,12,15,18,21,24,27,31-32,34-35,38,58H,4-8,10-11,13-14,16-17,19-20,22-23,25-26,28-30,33,36-37,39-57H2,1-3H3/b12-9-,18-15-,24-21-,32-27-,34-31-,38-35-. The van der Waals surface area contributed by atoms with Crippen LogP contribution in [0.3, 0.4) is 0 Å². The van der Waals surface area contributed by atoms with E-state index in [1.165, 1.54) is 161 Å². The molecule has 1 unspecified atom stereocenters. The van der Waals surface area contributed by atoms with Gasteiger partial charge in [0, 0.05) is 19.3 Å². The summed E-state index contributed by atoms with van der Waals surface area (Å²) in [6.07, 6.45) is 70.3. The van der Waals surface area contributed by atoms with E-state index >= 15 is 0 Å². The third-order valence-electron chi connectivity index (χ3n) is 12.3. The summed E-state index contributed by atoms with van der Waals surface area (Å²) < 4.78 is 16.8. The Hall–Kier alpha value is -3.15. The molecule has 0 aromatic carbocycles. The Morgan fingerprint density at radius 3 is 0.970 bits per heavy atom. The molecular formula is C61H106O6. The lowest BCUT2D eigenvalue weighted by Crippen LogP contribution is -2.30. The highest BCUT2D eigenvalue weighted by Gasteiger charge is 2.19. The lowest BCUT2D eigenvalue weighted by atomic mass is 10.0. The van der Waals surface area contributed by atoms with Crippen LogP contribution in [-0.2, 0) is 28.6 Å². The number of hydrogen-bond acceptors (Lipinski definition) is 6. The van der Waals surface area contributed by atoms with Gasteiger partial charge in [0.05, 0.1) is 0 Å². The molecule has 0 aromatic heterocycles. The van der Waals surface area contributed by atoms with E-state index in [9.17, 15) is 14.4 Å². The second-order valence-corrected chi connectivity index (χ2v) is 18.9. The minimum absolute atomic E-state index is 0.0915. The molecule has 0 fully saturated rings. The highest BCUT2D eigenvalue weighted by Crippen LogP contribution is 2.16. The molecule has 0 bridgehead atoms. The van der Waals surface area contributed by atoms with Gasteiger partial charge >= 0.3 is 17.9 Å². The fourth-order valence-electron chi connectivity index (χ4n) is 8.05. The summed E-state index contributed by atoms with van der Waals surface area (Å²) in [6.45, 7) is 6.48. The van der Waals surface area contributed by atoms with Crippen LogP contribution < -0.4 is 0 Å². The number of ether oxygens (including phenoxy) is 3. The fourth-order valence-corrected chi connectivity index (χ4v) is 8.05. The van der Waals surface area contributed by atoms with Crippen molar-refractivity contribution in [3.05, 3.63) is 72.9 Å². The van der Waals surface area contributed by atoms with Crippen molar-refractivity contribution in [2.45, 2.75) is 284 Å². The molecule has 0 N–H and O–H groups in total. The molecule has 0 aromatic rings. The number of unbranched alkanes of at least 4 members (excludes halogenated alkanes) is 32. The molecule has 0 radical (unpaired) electrons. The predicted octanol–water partition coefficient (Wildman–Crippen LogP) is 19.0. The van der Waals surface area contributed by atoms with E-state index in [0.717, 1.165) is 77.0 Å². The molecule has 0 rings (SSSR count). The zero-order valence-electron chi connectivity index (χ0n) is 44.2. The van der Waals surface area contributed by atoms with Crippen LogP contribution in [-0.4, -0.2) is 37.2 Å². The first kappa shape index (κ1) is 63.8. The van der Waals surface area contributed by atoms with Gasteiger partial charge < -0.3 is 14.2 Å². The molecule has 0 amide bonds. The second kappa shape index (κ2) is 55.4. The van der Waals surface area contributed by atoms with Crippen molar-refractivity contribution in [1.82, 2.24) is 0 Å². The van der Waals surface area contributed by atoms with Crippen LogP contribution in [0.15, 0.2) is 72.9 Å². The van der Waals surface area contributed by atoms with Crippen LogP contribution in [0.5, 0.6) is 0 Å². The minimum atomic E-state index is -0.795. The molecule has 0 aliphatic heterocycles. The molecule has 0 heterocycles. The summed E-state index contributed by atoms with van der Waals surface area (Å²) >= 11 is 0. The number of esters is 3. The number of hydrogen-bond donors (Lipinski definition) is 0. The smallest absolute Gasteiger partial charge is 0.306 e. The van der Waals surface area contributed by atoms with E-state index < -0.39 is 6.10 Å². The van der Waals surface area contributed by atoms with Gasteiger partial charge in [0.25, 0.3) is 0 Å². The van der Waals surface area contributed by atoms with Gasteiger partial charge in [-0.3, -0.25) is 14.4 Å². The van der Waals surface area contributed by atoms with Gasteiger partial charge in [-0.15, -0.1) is 0 Å². The molecule has 67 heavy (non-hydrogen) atoms. The Bertz CT molecular complexity index is 1260. The Morgan fingerprint density at radius 2 is 0.597 bits per heavy atom. The normalized spacial score (nSPS) is 12.6. The van der Waals surface area contributed by atoms with E-state index in [1.807, 2.05) is 48.6 Å². The van der Waals surface area contributed by atoms with Gasteiger partial charge in [-0.1, -0.05) is 267 Å². The molecule has 0 aliphatic rings. The van der Waals surface area contributed by atoms with Gasteiger partial charge in [-0.05, 0) is 64.2 Å². The molecule has 386 valence electrons. The van der Waals surface area contributed by atoms with E-state index in [4.69, 9.17) is 14.2 Å². The Balaban J connectivity index is 4.43. The average molecular weight is 936 g/mol. The van der Waals surface area contributed by atoms with Crippen molar-refractivity contribution in [2.75, 3.05) is 13.2 Å². The van der Waals surface area contributed by atoms with E-state index in [1.54, 1.807) is 0 Å². The number of rotatable bonds is 51. The van der Waals surface area contributed by atoms with E-state index in [0.29, 0.717) is 19.3 Å². The maximum Gasteiger partial charge on any atom is 0.306 e. The van der Waals surface area contributed by atoms with Crippen molar-refractivity contribution in [3.63, 3.8) is 0 Å². The fraction of sp³-hybridized carbons (Fsp3) is 0.754. The third kappa shape index (κ3) is 53.7. The first-order valence-electron chi connectivity index (χ1n) is 28.5. The highest BCUT2D eigenvalue weighted by molar-refractivity contribution is 5.71. The number of carbonyl (C=O) groups excluding carboxylic acids is 3. The molecule has 0 saturated heterocycles. The van der Waals surface area contributed by atoms with Crippen LogP contribution in [0.4, 0.5) is 0 Å². The molecule has 6 heteroatoms. The van der Waals surface area contributed by atoms with E-state index in [2.05, 4.69) is 45.1 Å². The van der Waals surface area contributed by atoms with Crippen molar-refractivity contribution >= 4 is 17.9 Å². The zero-order valence-corrected chi connectivity index (χ0v) is 44.2. The lowest BCUT2D eigenvalue weighted by Gasteiger charge is -2.18.